The van der Waals surface area contributed by atoms with Crippen LogP contribution in [0.4, 0.5) is 0 Å². The number of carbonyl (C=O) groups excluding carboxylic acids is 1. The summed E-state index contributed by atoms with van der Waals surface area (Å²) in [6, 6.07) is 5.38. The summed E-state index contributed by atoms with van der Waals surface area (Å²) in [6.45, 7) is 3.35. The summed E-state index contributed by atoms with van der Waals surface area (Å²) >= 11 is 5.98. The maximum atomic E-state index is 12.5. The van der Waals surface area contributed by atoms with Crippen LogP contribution in [0.5, 0.6) is 5.75 Å². The second-order valence-electron chi connectivity index (χ2n) is 5.68. The number of rotatable bonds is 2. The summed E-state index contributed by atoms with van der Waals surface area (Å²) in [6.07, 6.45) is 2.32. The lowest BCUT2D eigenvalue weighted by atomic mass is 10.0. The Morgan fingerprint density at radius 1 is 1.52 bits per heavy atom. The van der Waals surface area contributed by atoms with Gasteiger partial charge in [-0.3, -0.25) is 4.79 Å². The van der Waals surface area contributed by atoms with Gasteiger partial charge in [-0.05, 0) is 37.6 Å². The Bertz CT molecular complexity index is 597. The van der Waals surface area contributed by atoms with Crippen LogP contribution in [0, 0.1) is 5.92 Å². The van der Waals surface area contributed by atoms with Crippen molar-refractivity contribution in [1.82, 2.24) is 4.90 Å². The number of carbonyl (C=O) groups is 1. The monoisotopic (exact) mass is 307 g/mol. The maximum absolute atomic E-state index is 12.5. The van der Waals surface area contributed by atoms with Gasteiger partial charge >= 0.3 is 0 Å². The van der Waals surface area contributed by atoms with E-state index in [-0.39, 0.29) is 24.5 Å². The number of ether oxygens (including phenoxy) is 1. The average molecular weight is 308 g/mol. The summed E-state index contributed by atoms with van der Waals surface area (Å²) in [7, 11) is 0. The normalized spacial score (nSPS) is 22.3. The highest BCUT2D eigenvalue weighted by atomic mass is 35.5. The van der Waals surface area contributed by atoms with Gasteiger partial charge in [0.1, 0.15) is 12.4 Å². The molecular weight excluding hydrogens is 290 g/mol. The van der Waals surface area contributed by atoms with E-state index in [1.165, 1.54) is 0 Å². The van der Waals surface area contributed by atoms with Gasteiger partial charge in [0.15, 0.2) is 0 Å². The molecule has 0 aromatic heterocycles. The second-order valence-corrected chi connectivity index (χ2v) is 6.12. The quantitative estimate of drug-likeness (QED) is 0.912. The van der Waals surface area contributed by atoms with E-state index < -0.39 is 0 Å². The Labute approximate surface area is 129 Å². The van der Waals surface area contributed by atoms with Crippen molar-refractivity contribution in [2.75, 3.05) is 19.7 Å². The Morgan fingerprint density at radius 3 is 3.05 bits per heavy atom. The number of aliphatic hydroxyl groups excluding tert-OH is 1. The van der Waals surface area contributed by atoms with Crippen molar-refractivity contribution in [2.24, 2.45) is 5.92 Å². The molecule has 1 amide bonds. The lowest BCUT2D eigenvalue weighted by molar-refractivity contribution is -0.126. The topological polar surface area (TPSA) is 49.8 Å². The summed E-state index contributed by atoms with van der Waals surface area (Å²) in [4.78, 5) is 14.3. The van der Waals surface area contributed by atoms with Crippen molar-refractivity contribution in [1.29, 1.82) is 0 Å². The van der Waals surface area contributed by atoms with Crippen LogP contribution in [0.3, 0.4) is 0 Å². The number of nitrogens with zero attached hydrogens (tertiary/aromatic N) is 1. The highest BCUT2D eigenvalue weighted by Crippen LogP contribution is 2.30. The van der Waals surface area contributed by atoms with E-state index in [1.807, 2.05) is 12.1 Å². The molecule has 0 saturated carbocycles. The number of benzene rings is 1. The maximum Gasteiger partial charge on any atom is 0.253 e. The molecule has 3 rings (SSSR count). The molecule has 21 heavy (non-hydrogen) atoms. The summed E-state index contributed by atoms with van der Waals surface area (Å²) in [5.74, 6) is 0.906. The predicted molar refractivity (Wildman–Crippen MR) is 81.3 cm³/mol. The molecular formula is C16H18ClNO3. The second kappa shape index (κ2) is 5.70. The lowest BCUT2D eigenvalue weighted by Crippen LogP contribution is -2.33. The van der Waals surface area contributed by atoms with Crippen molar-refractivity contribution >= 4 is 23.6 Å². The number of fused-ring (bicyclic) bond motifs is 1. The lowest BCUT2D eigenvalue weighted by Gasteiger charge is -2.22. The van der Waals surface area contributed by atoms with Crippen LogP contribution in [-0.4, -0.2) is 41.7 Å². The van der Waals surface area contributed by atoms with Gasteiger partial charge < -0.3 is 14.7 Å². The summed E-state index contributed by atoms with van der Waals surface area (Å²) in [5.41, 5.74) is 1.47. The SMILES string of the molecule is CC(O)C1CCN(C(=O)C2=Cc3cc(Cl)ccc3OC2)C1. The molecule has 1 aromatic rings. The van der Waals surface area contributed by atoms with E-state index in [4.69, 9.17) is 16.3 Å². The van der Waals surface area contributed by atoms with Crippen molar-refractivity contribution in [3.63, 3.8) is 0 Å². The van der Waals surface area contributed by atoms with Crippen LogP contribution in [0.25, 0.3) is 6.08 Å². The van der Waals surface area contributed by atoms with Crippen molar-refractivity contribution in [3.8, 4) is 5.75 Å². The van der Waals surface area contributed by atoms with Gasteiger partial charge in [0, 0.05) is 29.6 Å². The van der Waals surface area contributed by atoms with Crippen LogP contribution in [0.1, 0.15) is 18.9 Å². The minimum Gasteiger partial charge on any atom is -0.488 e. The van der Waals surface area contributed by atoms with E-state index in [0.29, 0.717) is 23.7 Å². The standard InChI is InChI=1S/C16H18ClNO3/c1-10(19)11-4-5-18(8-11)16(20)13-6-12-7-14(17)2-3-15(12)21-9-13/h2-3,6-7,10-11,19H,4-5,8-9H2,1H3. The first-order valence-electron chi connectivity index (χ1n) is 7.15. The molecule has 0 aliphatic carbocycles. The zero-order valence-electron chi connectivity index (χ0n) is 11.9. The number of halogens is 1. The molecule has 112 valence electrons. The first-order chi connectivity index (χ1) is 10.0. The molecule has 4 nitrogen and oxygen atoms in total. The number of likely N-dealkylation sites (tertiary alicyclic amines) is 1. The van der Waals surface area contributed by atoms with Crippen LogP contribution >= 0.6 is 11.6 Å². The molecule has 1 saturated heterocycles. The van der Waals surface area contributed by atoms with Gasteiger partial charge in [0.2, 0.25) is 0 Å². The highest BCUT2D eigenvalue weighted by molar-refractivity contribution is 6.30. The fourth-order valence-corrected chi connectivity index (χ4v) is 3.02. The Kier molecular flexibility index (Phi) is 3.91. The van der Waals surface area contributed by atoms with Gasteiger partial charge in [-0.2, -0.15) is 0 Å². The number of amides is 1. The Balaban J connectivity index is 1.77. The molecule has 2 heterocycles. The summed E-state index contributed by atoms with van der Waals surface area (Å²) in [5, 5.41) is 10.3. The van der Waals surface area contributed by atoms with E-state index in [0.717, 1.165) is 17.7 Å². The van der Waals surface area contributed by atoms with E-state index in [1.54, 1.807) is 24.0 Å². The molecule has 5 heteroatoms. The minimum absolute atomic E-state index is 0.0104. The third-order valence-corrected chi connectivity index (χ3v) is 4.39. The largest absolute Gasteiger partial charge is 0.488 e. The Morgan fingerprint density at radius 2 is 2.33 bits per heavy atom. The molecule has 1 aromatic carbocycles. The first kappa shape index (κ1) is 14.4. The van der Waals surface area contributed by atoms with Gasteiger partial charge in [-0.15, -0.1) is 0 Å². The van der Waals surface area contributed by atoms with Gasteiger partial charge in [-0.1, -0.05) is 11.6 Å². The first-order valence-corrected chi connectivity index (χ1v) is 7.52. The van der Waals surface area contributed by atoms with Crippen LogP contribution in [0.2, 0.25) is 5.02 Å². The molecule has 0 spiro atoms. The zero-order valence-corrected chi connectivity index (χ0v) is 12.6. The zero-order chi connectivity index (χ0) is 15.0. The Hall–Kier alpha value is -1.52. The van der Waals surface area contributed by atoms with Crippen LogP contribution in [-0.2, 0) is 4.79 Å². The van der Waals surface area contributed by atoms with Crippen LogP contribution in [0.15, 0.2) is 23.8 Å². The van der Waals surface area contributed by atoms with Crippen molar-refractivity contribution < 1.29 is 14.6 Å². The fourth-order valence-electron chi connectivity index (χ4n) is 2.84. The third-order valence-electron chi connectivity index (χ3n) is 4.15. The van der Waals surface area contributed by atoms with Crippen molar-refractivity contribution in [2.45, 2.75) is 19.4 Å². The molecule has 0 bridgehead atoms. The predicted octanol–water partition coefficient (Wildman–Crippen LogP) is 2.35. The third kappa shape index (κ3) is 2.92. The fraction of sp³-hybridized carbons (Fsp3) is 0.438. The van der Waals surface area contributed by atoms with Gasteiger partial charge in [0.05, 0.1) is 11.7 Å². The number of hydrogen-bond donors (Lipinski definition) is 1. The van der Waals surface area contributed by atoms with Gasteiger partial charge in [-0.25, -0.2) is 0 Å². The molecule has 2 aliphatic heterocycles. The van der Waals surface area contributed by atoms with Crippen LogP contribution < -0.4 is 4.74 Å². The van der Waals surface area contributed by atoms with E-state index >= 15 is 0 Å². The minimum atomic E-state index is -0.376. The molecule has 0 radical (unpaired) electrons. The van der Waals surface area contributed by atoms with E-state index in [2.05, 4.69) is 0 Å². The summed E-state index contributed by atoms with van der Waals surface area (Å²) < 4.78 is 5.62. The number of aliphatic hydroxyl groups is 1. The average Bonchev–Trinajstić information content (AvgIpc) is 2.95. The molecule has 2 aliphatic rings. The van der Waals surface area contributed by atoms with Crippen molar-refractivity contribution in [3.05, 3.63) is 34.4 Å². The van der Waals surface area contributed by atoms with E-state index in [9.17, 15) is 9.90 Å². The van der Waals surface area contributed by atoms with Gasteiger partial charge in [0.25, 0.3) is 5.91 Å². The molecule has 1 fully saturated rings. The molecule has 2 atom stereocenters. The highest BCUT2D eigenvalue weighted by Gasteiger charge is 2.31. The molecule has 2 unspecified atom stereocenters. The molecule has 1 N–H and O–H groups in total. The smallest absolute Gasteiger partial charge is 0.253 e. The number of hydrogen-bond acceptors (Lipinski definition) is 3.